The Kier molecular flexibility index (Phi) is 5.25. The smallest absolute Gasteiger partial charge is 0.311 e. The van der Waals surface area contributed by atoms with Crippen molar-refractivity contribution in [3.05, 3.63) is 60.3 Å². The monoisotopic (exact) mass is 527 g/mol. The fraction of sp³-hybridized carbons (Fsp3) is 0.269. The molecule has 0 saturated carbocycles. The maximum atomic E-state index is 13.9. The van der Waals surface area contributed by atoms with Crippen LogP contribution in [-0.2, 0) is 11.2 Å². The molecule has 0 unspecified atom stereocenters. The summed E-state index contributed by atoms with van der Waals surface area (Å²) in [5, 5.41) is 12.4. The number of aromatic nitrogens is 6. The van der Waals surface area contributed by atoms with Crippen molar-refractivity contribution in [2.45, 2.75) is 31.7 Å². The van der Waals surface area contributed by atoms with Gasteiger partial charge in [0.1, 0.15) is 17.5 Å². The van der Waals surface area contributed by atoms with Crippen LogP contribution in [0.15, 0.2) is 47.5 Å². The fourth-order valence-corrected chi connectivity index (χ4v) is 5.50. The minimum Gasteiger partial charge on any atom is -0.420 e. The minimum absolute atomic E-state index is 0.0376. The van der Waals surface area contributed by atoms with Gasteiger partial charge in [0.2, 0.25) is 12.3 Å². The molecule has 0 radical (unpaired) electrons. The standard InChI is InChI=1S/C26H22FN9O3/c27-16-1-3-20-14(10-16)9-15(11-29-20)19-12-31-36-22(28)18-2-4-21(37)35(23(18)32-24(19)36)17-5-7-34(8-6-17)26(38)25-33-30-13-39-25/h1,3,9-13,17H,2,4-8,28H2. The first-order valence-electron chi connectivity index (χ1n) is 12.6. The summed E-state index contributed by atoms with van der Waals surface area (Å²) >= 11 is 0. The van der Waals surface area contributed by atoms with Crippen LogP contribution in [0.25, 0.3) is 27.7 Å². The van der Waals surface area contributed by atoms with Crippen molar-refractivity contribution in [1.29, 1.82) is 0 Å². The number of fused-ring (bicyclic) bond motifs is 3. The second kappa shape index (κ2) is 8.82. The van der Waals surface area contributed by atoms with E-state index in [1.165, 1.54) is 12.1 Å². The van der Waals surface area contributed by atoms with E-state index < -0.39 is 0 Å². The normalized spacial score (nSPS) is 16.3. The van der Waals surface area contributed by atoms with Crippen molar-refractivity contribution in [3.8, 4) is 11.1 Å². The number of benzene rings is 1. The second-order valence-corrected chi connectivity index (χ2v) is 9.68. The number of carbonyl (C=O) groups is 2. The van der Waals surface area contributed by atoms with Crippen molar-refractivity contribution >= 4 is 40.0 Å². The maximum absolute atomic E-state index is 13.9. The van der Waals surface area contributed by atoms with E-state index in [9.17, 15) is 14.0 Å². The van der Waals surface area contributed by atoms with E-state index in [-0.39, 0.29) is 29.6 Å². The van der Waals surface area contributed by atoms with Crippen LogP contribution >= 0.6 is 0 Å². The molecule has 7 rings (SSSR count). The number of hydrogen-bond acceptors (Lipinski definition) is 9. The summed E-state index contributed by atoms with van der Waals surface area (Å²) in [6, 6.07) is 6.10. The third kappa shape index (κ3) is 3.76. The number of rotatable bonds is 3. The number of pyridine rings is 1. The first-order chi connectivity index (χ1) is 19.0. The van der Waals surface area contributed by atoms with E-state index in [1.807, 2.05) is 6.07 Å². The number of likely N-dealkylation sites (tertiary alicyclic amines) is 1. The summed E-state index contributed by atoms with van der Waals surface area (Å²) in [5.74, 6) is 0.167. The Morgan fingerprint density at radius 2 is 1.97 bits per heavy atom. The zero-order valence-corrected chi connectivity index (χ0v) is 20.6. The highest BCUT2D eigenvalue weighted by Crippen LogP contribution is 2.37. The van der Waals surface area contributed by atoms with Crippen LogP contribution < -0.4 is 10.6 Å². The average molecular weight is 528 g/mol. The van der Waals surface area contributed by atoms with Crippen molar-refractivity contribution in [1.82, 2.24) is 34.7 Å². The first kappa shape index (κ1) is 23.2. The van der Waals surface area contributed by atoms with Crippen molar-refractivity contribution < 1.29 is 18.4 Å². The van der Waals surface area contributed by atoms with E-state index in [2.05, 4.69) is 20.3 Å². The number of piperidine rings is 1. The lowest BCUT2D eigenvalue weighted by molar-refractivity contribution is -0.119. The van der Waals surface area contributed by atoms with E-state index in [4.69, 9.17) is 15.1 Å². The molecule has 0 aliphatic carbocycles. The summed E-state index contributed by atoms with van der Waals surface area (Å²) in [6.07, 6.45) is 6.35. The summed E-state index contributed by atoms with van der Waals surface area (Å²) in [7, 11) is 0. The highest BCUT2D eigenvalue weighted by molar-refractivity contribution is 5.98. The van der Waals surface area contributed by atoms with Gasteiger partial charge in [-0.25, -0.2) is 9.37 Å². The molecule has 0 atom stereocenters. The number of nitrogen functional groups attached to an aromatic ring is 1. The van der Waals surface area contributed by atoms with Crippen LogP contribution in [0.4, 0.5) is 16.0 Å². The Labute approximate surface area is 220 Å². The number of nitrogens with two attached hydrogens (primary N) is 1. The molecule has 2 aliphatic heterocycles. The quantitative estimate of drug-likeness (QED) is 0.374. The highest BCUT2D eigenvalue weighted by atomic mass is 19.1. The number of carbonyl (C=O) groups excluding carboxylic acids is 2. The topological polar surface area (TPSA) is 149 Å². The van der Waals surface area contributed by atoms with Gasteiger partial charge in [-0.15, -0.1) is 10.2 Å². The predicted molar refractivity (Wildman–Crippen MR) is 137 cm³/mol. The van der Waals surface area contributed by atoms with Crippen molar-refractivity contribution in [3.63, 3.8) is 0 Å². The Morgan fingerprint density at radius 1 is 1.13 bits per heavy atom. The lowest BCUT2D eigenvalue weighted by atomic mass is 9.97. The zero-order chi connectivity index (χ0) is 26.7. The van der Waals surface area contributed by atoms with Crippen LogP contribution in [0, 0.1) is 5.82 Å². The number of anilines is 2. The molecule has 1 fully saturated rings. The average Bonchev–Trinajstić information content (AvgIpc) is 3.63. The molecule has 196 valence electrons. The molecule has 2 N–H and O–H groups in total. The summed E-state index contributed by atoms with van der Waals surface area (Å²) < 4.78 is 20.5. The molecule has 4 aromatic heterocycles. The minimum atomic E-state index is -0.350. The molecule has 1 aromatic carbocycles. The van der Waals surface area contributed by atoms with Gasteiger partial charge in [-0.05, 0) is 43.5 Å². The summed E-state index contributed by atoms with van der Waals surface area (Å²) in [5.41, 5.74) is 9.86. The van der Waals surface area contributed by atoms with Crippen LogP contribution in [0.2, 0.25) is 0 Å². The molecule has 39 heavy (non-hydrogen) atoms. The molecule has 13 heteroatoms. The summed E-state index contributed by atoms with van der Waals surface area (Å²) in [4.78, 5) is 38.6. The zero-order valence-electron chi connectivity index (χ0n) is 20.6. The van der Waals surface area contributed by atoms with E-state index in [1.54, 1.807) is 32.8 Å². The lowest BCUT2D eigenvalue weighted by Gasteiger charge is -2.40. The maximum Gasteiger partial charge on any atom is 0.311 e. The molecule has 0 spiro atoms. The van der Waals surface area contributed by atoms with Crippen LogP contribution in [0.3, 0.4) is 0 Å². The third-order valence-corrected chi connectivity index (χ3v) is 7.46. The molecule has 5 aromatic rings. The Balaban J connectivity index is 1.25. The number of hydrogen-bond donors (Lipinski definition) is 1. The molecule has 12 nitrogen and oxygen atoms in total. The number of amides is 2. The van der Waals surface area contributed by atoms with Gasteiger partial charge in [-0.3, -0.25) is 19.5 Å². The van der Waals surface area contributed by atoms with Crippen LogP contribution in [0.1, 0.15) is 35.5 Å². The van der Waals surface area contributed by atoms with Gasteiger partial charge in [0.25, 0.3) is 0 Å². The van der Waals surface area contributed by atoms with Gasteiger partial charge < -0.3 is 15.1 Å². The fourth-order valence-electron chi connectivity index (χ4n) is 5.50. The van der Waals surface area contributed by atoms with Gasteiger partial charge in [0, 0.05) is 53.8 Å². The molecule has 2 amide bonds. The molecule has 1 saturated heterocycles. The Hall–Kier alpha value is -4.94. The predicted octanol–water partition coefficient (Wildman–Crippen LogP) is 2.63. The van der Waals surface area contributed by atoms with Crippen molar-refractivity contribution in [2.24, 2.45) is 0 Å². The highest BCUT2D eigenvalue weighted by Gasteiger charge is 2.37. The first-order valence-corrected chi connectivity index (χ1v) is 12.6. The SMILES string of the molecule is Nc1c2c(nc3c(-c4cnc5ccc(F)cc5c4)cnn13)N(C1CCN(C(=O)c3nnco3)CC1)C(=O)CC2. The molecular weight excluding hydrogens is 505 g/mol. The van der Waals surface area contributed by atoms with Gasteiger partial charge in [-0.2, -0.15) is 9.61 Å². The lowest BCUT2D eigenvalue weighted by Crippen LogP contribution is -2.51. The van der Waals surface area contributed by atoms with E-state index in [0.29, 0.717) is 78.1 Å². The Morgan fingerprint density at radius 3 is 2.77 bits per heavy atom. The van der Waals surface area contributed by atoms with Crippen molar-refractivity contribution in [2.75, 3.05) is 23.7 Å². The van der Waals surface area contributed by atoms with Gasteiger partial charge in [0.15, 0.2) is 5.65 Å². The molecule has 2 aliphatic rings. The van der Waals surface area contributed by atoms with E-state index >= 15 is 0 Å². The van der Waals surface area contributed by atoms with Gasteiger partial charge >= 0.3 is 11.8 Å². The van der Waals surface area contributed by atoms with Gasteiger partial charge in [-0.1, -0.05) is 0 Å². The van der Waals surface area contributed by atoms with Crippen LogP contribution in [-0.4, -0.2) is 65.6 Å². The third-order valence-electron chi connectivity index (χ3n) is 7.46. The second-order valence-electron chi connectivity index (χ2n) is 9.68. The number of halogens is 1. The Bertz CT molecular complexity index is 1760. The van der Waals surface area contributed by atoms with Gasteiger partial charge in [0.05, 0.1) is 11.7 Å². The summed E-state index contributed by atoms with van der Waals surface area (Å²) in [6.45, 7) is 0.861. The molecular formula is C26H22FN9O3. The molecule has 0 bridgehead atoms. The number of nitrogens with zero attached hydrogens (tertiary/aromatic N) is 8. The largest absolute Gasteiger partial charge is 0.420 e. The van der Waals surface area contributed by atoms with E-state index in [0.717, 1.165) is 12.0 Å². The molecule has 6 heterocycles. The van der Waals surface area contributed by atoms with Crippen LogP contribution in [0.5, 0.6) is 0 Å².